The third kappa shape index (κ3) is 2.16. The van der Waals surface area contributed by atoms with E-state index in [1.54, 1.807) is 0 Å². The number of fused-ring (bicyclic) bond motifs is 1. The minimum atomic E-state index is -0.255. The number of methoxy groups -OCH3 is 1. The summed E-state index contributed by atoms with van der Waals surface area (Å²) in [6, 6.07) is 0. The van der Waals surface area contributed by atoms with Crippen LogP contribution in [0.3, 0.4) is 0 Å². The van der Waals surface area contributed by atoms with E-state index in [4.69, 9.17) is 0 Å². The molecule has 0 unspecified atom stereocenters. The SMILES string of the molecule is COC(=O)Cc1nnc2n1CCCCC2. The fourth-order valence-electron chi connectivity index (χ4n) is 1.88. The van der Waals surface area contributed by atoms with Crippen molar-refractivity contribution in [1.29, 1.82) is 0 Å². The molecule has 0 N–H and O–H groups in total. The predicted octanol–water partition coefficient (Wildman–Crippen LogP) is 0.720. The molecule has 0 atom stereocenters. The molecule has 1 aliphatic heterocycles. The summed E-state index contributed by atoms with van der Waals surface area (Å²) in [7, 11) is 1.39. The average molecular weight is 209 g/mol. The number of carbonyl (C=O) groups is 1. The van der Waals surface area contributed by atoms with Gasteiger partial charge in [-0.1, -0.05) is 6.42 Å². The number of hydrogen-bond donors (Lipinski definition) is 0. The van der Waals surface area contributed by atoms with E-state index in [1.165, 1.54) is 13.5 Å². The molecule has 5 nitrogen and oxygen atoms in total. The monoisotopic (exact) mass is 209 g/mol. The van der Waals surface area contributed by atoms with Gasteiger partial charge in [0.05, 0.1) is 7.11 Å². The summed E-state index contributed by atoms with van der Waals surface area (Å²) >= 11 is 0. The van der Waals surface area contributed by atoms with Crippen LogP contribution in [0.2, 0.25) is 0 Å². The first-order chi connectivity index (χ1) is 7.31. The number of hydrogen-bond acceptors (Lipinski definition) is 4. The summed E-state index contributed by atoms with van der Waals surface area (Å²) in [5, 5.41) is 8.15. The van der Waals surface area contributed by atoms with E-state index < -0.39 is 0 Å². The van der Waals surface area contributed by atoms with E-state index in [0.717, 1.165) is 37.5 Å². The van der Waals surface area contributed by atoms with Crippen molar-refractivity contribution in [2.24, 2.45) is 0 Å². The lowest BCUT2D eigenvalue weighted by atomic mass is 10.2. The molecule has 0 saturated heterocycles. The summed E-state index contributed by atoms with van der Waals surface area (Å²) in [5.41, 5.74) is 0. The first-order valence-corrected chi connectivity index (χ1v) is 5.29. The van der Waals surface area contributed by atoms with Crippen molar-refractivity contribution in [2.45, 2.75) is 38.6 Å². The molecule has 0 amide bonds. The van der Waals surface area contributed by atoms with Crippen molar-refractivity contribution in [2.75, 3.05) is 7.11 Å². The molecule has 0 aliphatic carbocycles. The summed E-state index contributed by atoms with van der Waals surface area (Å²) < 4.78 is 6.69. The van der Waals surface area contributed by atoms with Crippen LogP contribution >= 0.6 is 0 Å². The molecule has 2 heterocycles. The highest BCUT2D eigenvalue weighted by molar-refractivity contribution is 5.71. The number of carbonyl (C=O) groups excluding carboxylic acids is 1. The highest BCUT2D eigenvalue weighted by Crippen LogP contribution is 2.14. The standard InChI is InChI=1S/C10H15N3O2/c1-15-10(14)7-9-12-11-8-5-3-2-4-6-13(8)9/h2-7H2,1H3. The molecular formula is C10H15N3O2. The number of aromatic nitrogens is 3. The molecule has 82 valence electrons. The number of rotatable bonds is 2. The Balaban J connectivity index is 2.18. The predicted molar refractivity (Wildman–Crippen MR) is 53.3 cm³/mol. The van der Waals surface area contributed by atoms with Crippen LogP contribution < -0.4 is 0 Å². The van der Waals surface area contributed by atoms with Gasteiger partial charge in [-0.15, -0.1) is 10.2 Å². The number of esters is 1. The molecule has 0 spiro atoms. The van der Waals surface area contributed by atoms with Gasteiger partial charge in [-0.25, -0.2) is 0 Å². The minimum Gasteiger partial charge on any atom is -0.469 e. The van der Waals surface area contributed by atoms with Gasteiger partial charge in [0.15, 0.2) is 0 Å². The molecule has 0 aromatic carbocycles. The summed E-state index contributed by atoms with van der Waals surface area (Å²) in [4.78, 5) is 11.1. The lowest BCUT2D eigenvalue weighted by Crippen LogP contribution is -2.12. The van der Waals surface area contributed by atoms with Crippen LogP contribution in [0.5, 0.6) is 0 Å². The highest BCUT2D eigenvalue weighted by Gasteiger charge is 2.16. The lowest BCUT2D eigenvalue weighted by Gasteiger charge is -2.05. The van der Waals surface area contributed by atoms with E-state index in [0.29, 0.717) is 0 Å². The highest BCUT2D eigenvalue weighted by atomic mass is 16.5. The molecular weight excluding hydrogens is 194 g/mol. The van der Waals surface area contributed by atoms with Gasteiger partial charge >= 0.3 is 5.97 Å². The summed E-state index contributed by atoms with van der Waals surface area (Å²) in [6.45, 7) is 0.925. The largest absolute Gasteiger partial charge is 0.469 e. The van der Waals surface area contributed by atoms with Gasteiger partial charge in [0.2, 0.25) is 0 Å². The fraction of sp³-hybridized carbons (Fsp3) is 0.700. The van der Waals surface area contributed by atoms with Crippen LogP contribution in [0.25, 0.3) is 0 Å². The molecule has 1 aromatic rings. The second-order valence-corrected chi connectivity index (χ2v) is 3.75. The van der Waals surface area contributed by atoms with E-state index in [1.807, 2.05) is 0 Å². The zero-order valence-electron chi connectivity index (χ0n) is 8.90. The zero-order chi connectivity index (χ0) is 10.7. The van der Waals surface area contributed by atoms with Gasteiger partial charge in [0.25, 0.3) is 0 Å². The quantitative estimate of drug-likeness (QED) is 0.673. The van der Waals surface area contributed by atoms with E-state index in [2.05, 4.69) is 19.5 Å². The number of ether oxygens (including phenoxy) is 1. The Morgan fingerprint density at radius 2 is 2.27 bits per heavy atom. The van der Waals surface area contributed by atoms with Crippen LogP contribution in [0, 0.1) is 0 Å². The van der Waals surface area contributed by atoms with Gasteiger partial charge in [-0.3, -0.25) is 4.79 Å². The normalized spacial score (nSPS) is 15.5. The van der Waals surface area contributed by atoms with Crippen LogP contribution in [0.15, 0.2) is 0 Å². The Labute approximate surface area is 88.4 Å². The van der Waals surface area contributed by atoms with Gasteiger partial charge in [0.1, 0.15) is 18.1 Å². The Morgan fingerprint density at radius 3 is 3.07 bits per heavy atom. The van der Waals surface area contributed by atoms with Crippen molar-refractivity contribution in [3.05, 3.63) is 11.6 Å². The topological polar surface area (TPSA) is 57.0 Å². The molecule has 0 bridgehead atoms. The Bertz CT molecular complexity index is 360. The second-order valence-electron chi connectivity index (χ2n) is 3.75. The number of nitrogens with zero attached hydrogens (tertiary/aromatic N) is 3. The smallest absolute Gasteiger partial charge is 0.313 e. The Kier molecular flexibility index (Phi) is 2.99. The van der Waals surface area contributed by atoms with Crippen LogP contribution in [-0.2, 0) is 28.9 Å². The van der Waals surface area contributed by atoms with Gasteiger partial charge in [-0.05, 0) is 12.8 Å². The first-order valence-electron chi connectivity index (χ1n) is 5.29. The number of aryl methyl sites for hydroxylation is 1. The van der Waals surface area contributed by atoms with E-state index in [9.17, 15) is 4.79 Å². The second kappa shape index (κ2) is 4.42. The Hall–Kier alpha value is -1.39. The molecule has 1 aliphatic rings. The molecule has 15 heavy (non-hydrogen) atoms. The van der Waals surface area contributed by atoms with E-state index >= 15 is 0 Å². The van der Waals surface area contributed by atoms with Crippen molar-refractivity contribution >= 4 is 5.97 Å². The fourth-order valence-corrected chi connectivity index (χ4v) is 1.88. The van der Waals surface area contributed by atoms with Gasteiger partial charge in [0, 0.05) is 13.0 Å². The third-order valence-electron chi connectivity index (χ3n) is 2.72. The molecule has 0 saturated carbocycles. The zero-order valence-corrected chi connectivity index (χ0v) is 8.90. The molecule has 0 radical (unpaired) electrons. The Morgan fingerprint density at radius 1 is 1.40 bits per heavy atom. The van der Waals surface area contributed by atoms with Gasteiger partial charge in [-0.2, -0.15) is 0 Å². The lowest BCUT2D eigenvalue weighted by molar-refractivity contribution is -0.139. The van der Waals surface area contributed by atoms with Gasteiger partial charge < -0.3 is 9.30 Å². The molecule has 2 rings (SSSR count). The molecule has 0 fully saturated rings. The van der Waals surface area contributed by atoms with Crippen molar-refractivity contribution < 1.29 is 9.53 Å². The maximum absolute atomic E-state index is 11.1. The average Bonchev–Trinajstić information content (AvgIpc) is 2.50. The minimum absolute atomic E-state index is 0.226. The van der Waals surface area contributed by atoms with Crippen LogP contribution in [0.1, 0.15) is 30.9 Å². The maximum Gasteiger partial charge on any atom is 0.313 e. The summed E-state index contributed by atoms with van der Waals surface area (Å²) in [5.74, 6) is 1.49. The van der Waals surface area contributed by atoms with Crippen molar-refractivity contribution in [1.82, 2.24) is 14.8 Å². The first kappa shape index (κ1) is 10.1. The van der Waals surface area contributed by atoms with Crippen LogP contribution in [-0.4, -0.2) is 27.8 Å². The van der Waals surface area contributed by atoms with Crippen LogP contribution in [0.4, 0.5) is 0 Å². The molecule has 1 aromatic heterocycles. The van der Waals surface area contributed by atoms with E-state index in [-0.39, 0.29) is 12.4 Å². The molecule has 5 heteroatoms. The summed E-state index contributed by atoms with van der Waals surface area (Å²) in [6.07, 6.45) is 4.72. The third-order valence-corrected chi connectivity index (χ3v) is 2.72. The van der Waals surface area contributed by atoms with Crippen molar-refractivity contribution in [3.63, 3.8) is 0 Å². The maximum atomic E-state index is 11.1. The van der Waals surface area contributed by atoms with Crippen molar-refractivity contribution in [3.8, 4) is 0 Å².